The summed E-state index contributed by atoms with van der Waals surface area (Å²) in [6.07, 6.45) is 0. The molecule has 0 fully saturated rings. The minimum absolute atomic E-state index is 0.0574. The highest BCUT2D eigenvalue weighted by Crippen LogP contribution is 2.26. The summed E-state index contributed by atoms with van der Waals surface area (Å²) in [5.41, 5.74) is -0.0574. The number of rotatable bonds is 2. The second kappa shape index (κ2) is 5.01. The molecule has 0 saturated heterocycles. The quantitative estimate of drug-likeness (QED) is 0.296. The van der Waals surface area contributed by atoms with E-state index in [0.29, 0.717) is 0 Å². The van der Waals surface area contributed by atoms with Crippen LogP contribution in [0.2, 0.25) is 0 Å². The summed E-state index contributed by atoms with van der Waals surface area (Å²) in [5, 5.41) is 20.5. The van der Waals surface area contributed by atoms with Crippen LogP contribution in [0, 0.1) is 0 Å². The molecule has 1 aromatic rings. The van der Waals surface area contributed by atoms with Gasteiger partial charge in [0, 0.05) is 6.07 Å². The molecule has 6 nitrogen and oxygen atoms in total. The fourth-order valence-corrected chi connectivity index (χ4v) is 0.994. The first-order chi connectivity index (χ1) is 7.54. The fraction of sp³-hybridized carbons (Fsp3) is 0.200. The second-order valence-electron chi connectivity index (χ2n) is 2.88. The van der Waals surface area contributed by atoms with Crippen molar-refractivity contribution in [2.24, 2.45) is 0 Å². The molecule has 0 saturated carbocycles. The van der Waals surface area contributed by atoms with Crippen LogP contribution in [0.15, 0.2) is 18.2 Å². The maximum absolute atomic E-state index is 11.2. The summed E-state index contributed by atoms with van der Waals surface area (Å²) in [4.78, 5) is 22.2. The van der Waals surface area contributed by atoms with Crippen molar-refractivity contribution in [2.75, 3.05) is 11.9 Å². The number of ether oxygens (including phenoxy) is 1. The molecule has 3 N–H and O–H groups in total. The van der Waals surface area contributed by atoms with Crippen molar-refractivity contribution in [2.45, 2.75) is 6.92 Å². The molecule has 1 aromatic carbocycles. The van der Waals surface area contributed by atoms with Gasteiger partial charge in [-0.25, -0.2) is 4.79 Å². The lowest BCUT2D eigenvalue weighted by atomic mass is 10.2. The van der Waals surface area contributed by atoms with Gasteiger partial charge in [-0.1, -0.05) is 0 Å². The average Bonchev–Trinajstić information content (AvgIpc) is 2.23. The third-order valence-corrected chi connectivity index (χ3v) is 1.69. The summed E-state index contributed by atoms with van der Waals surface area (Å²) in [6, 6.07) is 3.55. The summed E-state index contributed by atoms with van der Waals surface area (Å²) in [7, 11) is 0. The summed E-state index contributed by atoms with van der Waals surface area (Å²) < 4.78 is 4.45. The van der Waals surface area contributed by atoms with Crippen LogP contribution in [-0.4, -0.2) is 28.7 Å². The van der Waals surface area contributed by atoms with Gasteiger partial charge in [-0.15, -0.1) is 0 Å². The number of nitrogens with one attached hydrogen (secondary N) is 1. The molecule has 1 rings (SSSR count). The van der Waals surface area contributed by atoms with Gasteiger partial charge in [0.05, 0.1) is 12.3 Å². The Hall–Kier alpha value is -2.24. The van der Waals surface area contributed by atoms with E-state index in [9.17, 15) is 14.7 Å². The molecule has 86 valence electrons. The van der Waals surface area contributed by atoms with Gasteiger partial charge in [0.15, 0.2) is 0 Å². The highest BCUT2D eigenvalue weighted by Gasteiger charge is 2.16. The number of carbonyl (C=O) groups is 2. The van der Waals surface area contributed by atoms with Gasteiger partial charge in [-0.3, -0.25) is 4.79 Å². The summed E-state index contributed by atoms with van der Waals surface area (Å²) >= 11 is 0. The molecule has 0 unspecified atom stereocenters. The SMILES string of the molecule is CCOC(=O)C(=O)Nc1cc(O)ccc1O. The van der Waals surface area contributed by atoms with Crippen LogP contribution < -0.4 is 5.32 Å². The fourth-order valence-electron chi connectivity index (χ4n) is 0.994. The minimum atomic E-state index is -1.05. The zero-order valence-electron chi connectivity index (χ0n) is 8.56. The van der Waals surface area contributed by atoms with Crippen LogP contribution >= 0.6 is 0 Å². The predicted octanol–water partition coefficient (Wildman–Crippen LogP) is 0.599. The van der Waals surface area contributed by atoms with E-state index in [1.165, 1.54) is 12.1 Å². The van der Waals surface area contributed by atoms with Gasteiger partial charge in [-0.05, 0) is 19.1 Å². The van der Waals surface area contributed by atoms with Crippen LogP contribution in [0.5, 0.6) is 11.5 Å². The lowest BCUT2D eigenvalue weighted by molar-refractivity contribution is -0.152. The molecule has 0 spiro atoms. The number of aromatic hydroxyl groups is 2. The number of amides is 1. The standard InChI is InChI=1S/C10H11NO5/c1-2-16-10(15)9(14)11-7-5-6(12)3-4-8(7)13/h3-5,12-13H,2H2,1H3,(H,11,14). The zero-order valence-corrected chi connectivity index (χ0v) is 8.56. The number of anilines is 1. The van der Waals surface area contributed by atoms with Crippen molar-refractivity contribution < 1.29 is 24.5 Å². The van der Waals surface area contributed by atoms with Crippen molar-refractivity contribution in [3.05, 3.63) is 18.2 Å². The van der Waals surface area contributed by atoms with Gasteiger partial charge in [-0.2, -0.15) is 0 Å². The summed E-state index contributed by atoms with van der Waals surface area (Å²) in [6.45, 7) is 1.65. The Morgan fingerprint density at radius 1 is 1.38 bits per heavy atom. The number of phenols is 2. The molecule has 0 aromatic heterocycles. The molecule has 0 radical (unpaired) electrons. The van der Waals surface area contributed by atoms with Gasteiger partial charge < -0.3 is 20.3 Å². The molecular formula is C10H11NO5. The Kier molecular flexibility index (Phi) is 3.71. The van der Waals surface area contributed by atoms with E-state index in [2.05, 4.69) is 10.1 Å². The Morgan fingerprint density at radius 3 is 2.69 bits per heavy atom. The van der Waals surface area contributed by atoms with Crippen LogP contribution in [0.25, 0.3) is 0 Å². The van der Waals surface area contributed by atoms with Gasteiger partial charge in [0.2, 0.25) is 0 Å². The number of hydrogen-bond donors (Lipinski definition) is 3. The summed E-state index contributed by atoms with van der Waals surface area (Å²) in [5.74, 6) is -2.46. The zero-order chi connectivity index (χ0) is 12.1. The van der Waals surface area contributed by atoms with E-state index in [-0.39, 0.29) is 23.8 Å². The smallest absolute Gasteiger partial charge is 0.397 e. The van der Waals surface area contributed by atoms with E-state index in [1.54, 1.807) is 6.92 Å². The Bertz CT molecular complexity index is 416. The highest BCUT2D eigenvalue weighted by molar-refractivity contribution is 6.37. The van der Waals surface area contributed by atoms with Gasteiger partial charge in [0.1, 0.15) is 11.5 Å². The van der Waals surface area contributed by atoms with Gasteiger partial charge >= 0.3 is 11.9 Å². The van der Waals surface area contributed by atoms with Crippen molar-refractivity contribution >= 4 is 17.6 Å². The third kappa shape index (κ3) is 2.88. The lowest BCUT2D eigenvalue weighted by Crippen LogP contribution is -2.24. The average molecular weight is 225 g/mol. The number of hydrogen-bond acceptors (Lipinski definition) is 5. The van der Waals surface area contributed by atoms with Crippen LogP contribution in [-0.2, 0) is 14.3 Å². The van der Waals surface area contributed by atoms with Crippen molar-refractivity contribution in [1.82, 2.24) is 0 Å². The molecule has 0 bridgehead atoms. The molecule has 6 heteroatoms. The largest absolute Gasteiger partial charge is 0.508 e. The molecular weight excluding hydrogens is 214 g/mol. The van der Waals surface area contributed by atoms with Crippen molar-refractivity contribution in [3.8, 4) is 11.5 Å². The normalized spacial score (nSPS) is 9.56. The molecule has 0 aliphatic carbocycles. The molecule has 0 aliphatic heterocycles. The van der Waals surface area contributed by atoms with E-state index < -0.39 is 11.9 Å². The molecule has 16 heavy (non-hydrogen) atoms. The van der Waals surface area contributed by atoms with E-state index in [1.807, 2.05) is 0 Å². The van der Waals surface area contributed by atoms with E-state index in [0.717, 1.165) is 6.07 Å². The van der Waals surface area contributed by atoms with Crippen LogP contribution in [0.3, 0.4) is 0 Å². The predicted molar refractivity (Wildman–Crippen MR) is 55.0 cm³/mol. The number of carbonyl (C=O) groups excluding carboxylic acids is 2. The first kappa shape index (κ1) is 11.8. The Labute approximate surface area is 91.5 Å². The second-order valence-corrected chi connectivity index (χ2v) is 2.88. The maximum Gasteiger partial charge on any atom is 0.397 e. The minimum Gasteiger partial charge on any atom is -0.508 e. The van der Waals surface area contributed by atoms with Crippen LogP contribution in [0.4, 0.5) is 5.69 Å². The molecule has 0 atom stereocenters. The number of phenolic OH excluding ortho intramolecular Hbond substituents is 2. The van der Waals surface area contributed by atoms with Gasteiger partial charge in [0.25, 0.3) is 0 Å². The first-order valence-corrected chi connectivity index (χ1v) is 4.54. The number of benzene rings is 1. The molecule has 0 aliphatic rings. The first-order valence-electron chi connectivity index (χ1n) is 4.54. The Morgan fingerprint density at radius 2 is 2.06 bits per heavy atom. The monoisotopic (exact) mass is 225 g/mol. The molecule has 1 amide bonds. The Balaban J connectivity index is 2.76. The van der Waals surface area contributed by atoms with Crippen molar-refractivity contribution in [1.29, 1.82) is 0 Å². The molecule has 0 heterocycles. The van der Waals surface area contributed by atoms with E-state index >= 15 is 0 Å². The van der Waals surface area contributed by atoms with Crippen LogP contribution in [0.1, 0.15) is 6.92 Å². The van der Waals surface area contributed by atoms with E-state index in [4.69, 9.17) is 5.11 Å². The number of esters is 1. The lowest BCUT2D eigenvalue weighted by Gasteiger charge is -2.06. The highest BCUT2D eigenvalue weighted by atomic mass is 16.5. The third-order valence-electron chi connectivity index (χ3n) is 1.69. The topological polar surface area (TPSA) is 95.9 Å². The maximum atomic E-state index is 11.2. The van der Waals surface area contributed by atoms with Crippen molar-refractivity contribution in [3.63, 3.8) is 0 Å².